The Balaban J connectivity index is 2.14. The van der Waals surface area contributed by atoms with Crippen molar-refractivity contribution < 1.29 is 9.53 Å². The third kappa shape index (κ3) is 1.73. The van der Waals surface area contributed by atoms with E-state index in [1.54, 1.807) is 0 Å². The van der Waals surface area contributed by atoms with Gasteiger partial charge in [0.2, 0.25) is 0 Å². The van der Waals surface area contributed by atoms with Crippen LogP contribution in [-0.2, 0) is 9.53 Å². The molecule has 0 amide bonds. The van der Waals surface area contributed by atoms with E-state index >= 15 is 0 Å². The Labute approximate surface area is 104 Å². The average molecular weight is 236 g/mol. The molecule has 2 aliphatic rings. The van der Waals surface area contributed by atoms with Gasteiger partial charge in [-0.3, -0.25) is 0 Å². The number of hydrogen-bond donors (Lipinski definition) is 0. The van der Waals surface area contributed by atoms with Crippen LogP contribution >= 0.6 is 0 Å². The summed E-state index contributed by atoms with van der Waals surface area (Å²) in [5, 5.41) is 0. The minimum Gasteiger partial charge on any atom is -0.462 e. The van der Waals surface area contributed by atoms with Crippen molar-refractivity contribution in [2.45, 2.75) is 47.5 Å². The minimum absolute atomic E-state index is 0.0196. The highest BCUT2D eigenvalue weighted by molar-refractivity contribution is 5.91. The second-order valence-electron chi connectivity index (χ2n) is 6.77. The van der Waals surface area contributed by atoms with Crippen LogP contribution in [0.1, 0.15) is 47.5 Å². The number of esters is 1. The quantitative estimate of drug-likeness (QED) is 0.700. The predicted molar refractivity (Wildman–Crippen MR) is 68.5 cm³/mol. The molecule has 1 fully saturated rings. The first-order chi connectivity index (χ1) is 7.79. The molecule has 0 radical (unpaired) electrons. The molecule has 2 heteroatoms. The van der Waals surface area contributed by atoms with Crippen molar-refractivity contribution in [3.63, 3.8) is 0 Å². The largest absolute Gasteiger partial charge is 0.462 e. The zero-order valence-corrected chi connectivity index (χ0v) is 11.7. The van der Waals surface area contributed by atoms with E-state index in [0.29, 0.717) is 18.4 Å². The minimum atomic E-state index is -0.0866. The van der Waals surface area contributed by atoms with Crippen LogP contribution in [0.5, 0.6) is 0 Å². The van der Waals surface area contributed by atoms with Crippen molar-refractivity contribution >= 4 is 5.97 Å². The maximum atomic E-state index is 12.1. The molecule has 2 bridgehead atoms. The van der Waals surface area contributed by atoms with Gasteiger partial charge in [0.25, 0.3) is 0 Å². The topological polar surface area (TPSA) is 26.3 Å². The van der Waals surface area contributed by atoms with Crippen LogP contribution in [0.3, 0.4) is 0 Å². The molecule has 0 aromatic heterocycles. The molecule has 2 rings (SSSR count). The van der Waals surface area contributed by atoms with Gasteiger partial charge in [0, 0.05) is 11.0 Å². The Morgan fingerprint density at radius 3 is 2.53 bits per heavy atom. The molecule has 0 aromatic rings. The summed E-state index contributed by atoms with van der Waals surface area (Å²) in [6.07, 6.45) is 4.50. The second kappa shape index (κ2) is 3.86. The van der Waals surface area contributed by atoms with Crippen molar-refractivity contribution in [3.05, 3.63) is 11.6 Å². The van der Waals surface area contributed by atoms with E-state index in [2.05, 4.69) is 40.7 Å². The third-order valence-electron chi connectivity index (χ3n) is 5.03. The van der Waals surface area contributed by atoms with Crippen LogP contribution < -0.4 is 0 Å². The maximum Gasteiger partial charge on any atom is 0.334 e. The fourth-order valence-corrected chi connectivity index (χ4v) is 3.31. The zero-order chi connectivity index (χ0) is 12.8. The molecule has 2 nitrogen and oxygen atoms in total. The summed E-state index contributed by atoms with van der Waals surface area (Å²) in [4.78, 5) is 12.1. The van der Waals surface area contributed by atoms with Crippen molar-refractivity contribution in [1.29, 1.82) is 0 Å². The Morgan fingerprint density at radius 2 is 2.12 bits per heavy atom. The molecule has 1 saturated carbocycles. The molecule has 17 heavy (non-hydrogen) atoms. The number of fused-ring (bicyclic) bond motifs is 2. The standard InChI is InChI=1S/C15H24O2/c1-10(2)9-17-13(16)12-8-11-6-7-15(12,5)14(11,3)4/h8,10-11H,6-7,9H2,1-5H3. The Morgan fingerprint density at radius 1 is 1.47 bits per heavy atom. The van der Waals surface area contributed by atoms with Crippen LogP contribution in [0.15, 0.2) is 11.6 Å². The number of carbonyl (C=O) groups is 1. The summed E-state index contributed by atoms with van der Waals surface area (Å²) in [6, 6.07) is 0. The summed E-state index contributed by atoms with van der Waals surface area (Å²) in [5.41, 5.74) is 1.16. The van der Waals surface area contributed by atoms with Crippen molar-refractivity contribution in [1.82, 2.24) is 0 Å². The van der Waals surface area contributed by atoms with Gasteiger partial charge in [0.1, 0.15) is 0 Å². The van der Waals surface area contributed by atoms with E-state index < -0.39 is 0 Å². The summed E-state index contributed by atoms with van der Waals surface area (Å²) in [6.45, 7) is 11.4. The van der Waals surface area contributed by atoms with Crippen LogP contribution in [0.25, 0.3) is 0 Å². The van der Waals surface area contributed by atoms with Gasteiger partial charge in [0.05, 0.1) is 6.61 Å². The first-order valence-corrected chi connectivity index (χ1v) is 6.68. The average Bonchev–Trinajstić information content (AvgIpc) is 2.57. The number of hydrogen-bond acceptors (Lipinski definition) is 2. The van der Waals surface area contributed by atoms with Gasteiger partial charge in [-0.1, -0.05) is 40.7 Å². The molecular formula is C15H24O2. The highest BCUT2D eigenvalue weighted by atomic mass is 16.5. The molecule has 0 aliphatic heterocycles. The van der Waals surface area contributed by atoms with Gasteiger partial charge in [-0.15, -0.1) is 0 Å². The molecule has 96 valence electrons. The summed E-state index contributed by atoms with van der Waals surface area (Å²) < 4.78 is 5.39. The Bertz CT molecular complexity index is 365. The van der Waals surface area contributed by atoms with Crippen molar-refractivity contribution in [2.24, 2.45) is 22.7 Å². The van der Waals surface area contributed by atoms with E-state index in [0.717, 1.165) is 12.0 Å². The highest BCUT2D eigenvalue weighted by Crippen LogP contribution is 2.65. The number of ether oxygens (including phenoxy) is 1. The smallest absolute Gasteiger partial charge is 0.334 e. The van der Waals surface area contributed by atoms with Crippen LogP contribution in [0, 0.1) is 22.7 Å². The van der Waals surface area contributed by atoms with Crippen LogP contribution in [0.2, 0.25) is 0 Å². The van der Waals surface area contributed by atoms with Crippen LogP contribution in [0.4, 0.5) is 0 Å². The van der Waals surface area contributed by atoms with E-state index in [4.69, 9.17) is 4.74 Å². The first-order valence-electron chi connectivity index (χ1n) is 6.68. The second-order valence-corrected chi connectivity index (χ2v) is 6.77. The molecule has 0 saturated heterocycles. The van der Waals surface area contributed by atoms with E-state index in [9.17, 15) is 4.79 Å². The SMILES string of the molecule is CC(C)COC(=O)C1=CC2CCC1(C)C2(C)C. The summed E-state index contributed by atoms with van der Waals surface area (Å²) in [5.74, 6) is 0.865. The van der Waals surface area contributed by atoms with Crippen molar-refractivity contribution in [3.8, 4) is 0 Å². The lowest BCUT2D eigenvalue weighted by atomic mass is 9.67. The fraction of sp³-hybridized carbons (Fsp3) is 0.800. The molecular weight excluding hydrogens is 212 g/mol. The van der Waals surface area contributed by atoms with Gasteiger partial charge in [-0.25, -0.2) is 4.79 Å². The zero-order valence-electron chi connectivity index (χ0n) is 11.7. The Kier molecular flexibility index (Phi) is 2.87. The summed E-state index contributed by atoms with van der Waals surface area (Å²) in [7, 11) is 0. The molecule has 2 atom stereocenters. The predicted octanol–water partition coefficient (Wildman–Crippen LogP) is 3.57. The molecule has 0 N–H and O–H groups in total. The van der Waals surface area contributed by atoms with Gasteiger partial charge in [-0.05, 0) is 30.1 Å². The number of allylic oxidation sites excluding steroid dienone is 1. The molecule has 2 aliphatic carbocycles. The first kappa shape index (κ1) is 12.7. The van der Waals surface area contributed by atoms with Crippen molar-refractivity contribution in [2.75, 3.05) is 6.61 Å². The van der Waals surface area contributed by atoms with Gasteiger partial charge >= 0.3 is 5.97 Å². The lowest BCUT2D eigenvalue weighted by molar-refractivity contribution is -0.141. The normalized spacial score (nSPS) is 34.0. The lowest BCUT2D eigenvalue weighted by Crippen LogP contribution is -2.33. The summed E-state index contributed by atoms with van der Waals surface area (Å²) >= 11 is 0. The number of rotatable bonds is 3. The highest BCUT2D eigenvalue weighted by Gasteiger charge is 2.59. The molecule has 2 unspecified atom stereocenters. The van der Waals surface area contributed by atoms with Gasteiger partial charge < -0.3 is 4.74 Å². The molecule has 0 spiro atoms. The maximum absolute atomic E-state index is 12.1. The lowest BCUT2D eigenvalue weighted by Gasteiger charge is -2.36. The van der Waals surface area contributed by atoms with Crippen LogP contribution in [-0.4, -0.2) is 12.6 Å². The van der Waals surface area contributed by atoms with Gasteiger partial charge in [0.15, 0.2) is 0 Å². The van der Waals surface area contributed by atoms with E-state index in [1.807, 2.05) is 0 Å². The van der Waals surface area contributed by atoms with Gasteiger partial charge in [-0.2, -0.15) is 0 Å². The monoisotopic (exact) mass is 236 g/mol. The molecule has 0 heterocycles. The third-order valence-corrected chi connectivity index (χ3v) is 5.03. The molecule has 0 aromatic carbocycles. The van der Waals surface area contributed by atoms with E-state index in [-0.39, 0.29) is 16.8 Å². The Hall–Kier alpha value is -0.790. The van der Waals surface area contributed by atoms with E-state index in [1.165, 1.54) is 6.42 Å². The number of carbonyl (C=O) groups excluding carboxylic acids is 1. The fourth-order valence-electron chi connectivity index (χ4n) is 3.31.